The smallest absolute Gasteiger partial charge is 0.126 e. The van der Waals surface area contributed by atoms with E-state index in [0.29, 0.717) is 12.3 Å². The molecule has 1 aromatic carbocycles. The van der Waals surface area contributed by atoms with E-state index in [1.165, 1.54) is 0 Å². The molecule has 0 unspecified atom stereocenters. The molecule has 2 N–H and O–H groups in total. The highest BCUT2D eigenvalue weighted by Gasteiger charge is 2.17. The predicted octanol–water partition coefficient (Wildman–Crippen LogP) is 1.57. The van der Waals surface area contributed by atoms with Gasteiger partial charge in [-0.1, -0.05) is 6.07 Å². The van der Waals surface area contributed by atoms with Crippen molar-refractivity contribution in [2.24, 2.45) is 0 Å². The number of hydrogen-bond acceptors (Lipinski definition) is 4. The number of nitrogens with zero attached hydrogens (tertiary/aromatic N) is 1. The minimum atomic E-state index is -0.603. The van der Waals surface area contributed by atoms with E-state index in [1.54, 1.807) is 14.0 Å². The lowest BCUT2D eigenvalue weighted by Gasteiger charge is -2.27. The normalized spacial score (nSPS) is 12.3. The average molecular weight is 239 g/mol. The second-order valence-electron chi connectivity index (χ2n) is 3.87. The van der Waals surface area contributed by atoms with Crippen molar-refractivity contribution >= 4 is 5.69 Å². The fraction of sp³-hybridized carbons (Fsp3) is 0.538. The maximum Gasteiger partial charge on any atom is 0.126 e. The van der Waals surface area contributed by atoms with E-state index in [-0.39, 0.29) is 6.61 Å². The first-order valence-corrected chi connectivity index (χ1v) is 5.86. The molecule has 0 saturated heterocycles. The number of aliphatic hydroxyl groups excluding tert-OH is 2. The third-order valence-corrected chi connectivity index (χ3v) is 2.77. The number of anilines is 1. The van der Waals surface area contributed by atoms with E-state index in [9.17, 15) is 5.11 Å². The highest BCUT2D eigenvalue weighted by atomic mass is 16.5. The Hall–Kier alpha value is -1.26. The van der Waals surface area contributed by atoms with Crippen LogP contribution in [0, 0.1) is 0 Å². The van der Waals surface area contributed by atoms with Gasteiger partial charge in [0.05, 0.1) is 19.8 Å². The van der Waals surface area contributed by atoms with Crippen molar-refractivity contribution in [1.82, 2.24) is 0 Å². The molecule has 1 atom stereocenters. The number of hydrogen-bond donors (Lipinski definition) is 2. The summed E-state index contributed by atoms with van der Waals surface area (Å²) in [6, 6.07) is 5.65. The Kier molecular flexibility index (Phi) is 5.25. The molecule has 0 fully saturated rings. The topological polar surface area (TPSA) is 52.9 Å². The third kappa shape index (κ3) is 3.11. The minimum Gasteiger partial charge on any atom is -0.496 e. The van der Waals surface area contributed by atoms with Crippen LogP contribution < -0.4 is 9.64 Å². The molecule has 0 spiro atoms. The summed E-state index contributed by atoms with van der Waals surface area (Å²) in [5, 5.41) is 18.9. The second kappa shape index (κ2) is 6.47. The molecule has 17 heavy (non-hydrogen) atoms. The summed E-state index contributed by atoms with van der Waals surface area (Å²) in [7, 11) is 1.59. The molecule has 0 aliphatic rings. The molecule has 0 heterocycles. The van der Waals surface area contributed by atoms with Crippen molar-refractivity contribution in [3.63, 3.8) is 0 Å². The molecule has 0 aliphatic carbocycles. The molecule has 1 rings (SSSR count). The van der Waals surface area contributed by atoms with E-state index in [1.807, 2.05) is 30.0 Å². The van der Waals surface area contributed by atoms with Crippen LogP contribution >= 0.6 is 0 Å². The monoisotopic (exact) mass is 239 g/mol. The summed E-state index contributed by atoms with van der Waals surface area (Å²) in [6.07, 6.45) is -0.603. The first kappa shape index (κ1) is 13.8. The minimum absolute atomic E-state index is 0.0876. The summed E-state index contributed by atoms with van der Waals surface area (Å²) in [4.78, 5) is 2.02. The zero-order valence-corrected chi connectivity index (χ0v) is 10.7. The van der Waals surface area contributed by atoms with Crippen LogP contribution in [0.3, 0.4) is 0 Å². The van der Waals surface area contributed by atoms with Crippen LogP contribution in [0.15, 0.2) is 18.2 Å². The van der Waals surface area contributed by atoms with Gasteiger partial charge in [0.2, 0.25) is 0 Å². The van der Waals surface area contributed by atoms with Gasteiger partial charge in [0.15, 0.2) is 0 Å². The van der Waals surface area contributed by atoms with Gasteiger partial charge in [0, 0.05) is 24.3 Å². The highest BCUT2D eigenvalue weighted by molar-refractivity contribution is 5.60. The van der Waals surface area contributed by atoms with Gasteiger partial charge in [-0.15, -0.1) is 0 Å². The number of likely N-dealkylation sites (N-methyl/N-ethyl adjacent to an activating group) is 1. The van der Waals surface area contributed by atoms with E-state index >= 15 is 0 Å². The summed E-state index contributed by atoms with van der Waals surface area (Å²) < 4.78 is 5.27. The highest BCUT2D eigenvalue weighted by Crippen LogP contribution is 2.34. The molecule has 96 valence electrons. The van der Waals surface area contributed by atoms with Crippen molar-refractivity contribution in [2.75, 3.05) is 31.7 Å². The molecule has 4 heteroatoms. The van der Waals surface area contributed by atoms with Crippen molar-refractivity contribution in [2.45, 2.75) is 20.0 Å². The number of aliphatic hydroxyl groups is 2. The Balaban J connectivity index is 3.20. The first-order chi connectivity index (χ1) is 8.15. The molecule has 0 radical (unpaired) electrons. The standard InChI is InChI=1S/C13H21NO3/c1-4-14(8-9-15)11-6-5-7-12(17-3)13(11)10(2)16/h5-7,10,15-16H,4,8-9H2,1-3H3/t10-/m1/s1. The van der Waals surface area contributed by atoms with Gasteiger partial charge in [-0.3, -0.25) is 0 Å². The van der Waals surface area contributed by atoms with Crippen LogP contribution in [0.25, 0.3) is 0 Å². The first-order valence-electron chi connectivity index (χ1n) is 5.86. The van der Waals surface area contributed by atoms with Crippen molar-refractivity contribution in [3.05, 3.63) is 23.8 Å². The average Bonchev–Trinajstić information content (AvgIpc) is 2.34. The van der Waals surface area contributed by atoms with E-state index in [2.05, 4.69) is 0 Å². The van der Waals surface area contributed by atoms with Crippen LogP contribution in [-0.4, -0.2) is 37.0 Å². The van der Waals surface area contributed by atoms with Crippen LogP contribution in [-0.2, 0) is 0 Å². The lowest BCUT2D eigenvalue weighted by Crippen LogP contribution is -2.27. The maximum absolute atomic E-state index is 9.86. The van der Waals surface area contributed by atoms with Crippen LogP contribution in [0.2, 0.25) is 0 Å². The van der Waals surface area contributed by atoms with Crippen molar-refractivity contribution in [1.29, 1.82) is 0 Å². The van der Waals surface area contributed by atoms with Gasteiger partial charge in [-0.2, -0.15) is 0 Å². The molecule has 0 aromatic heterocycles. The fourth-order valence-corrected chi connectivity index (χ4v) is 1.98. The molecular weight excluding hydrogens is 218 g/mol. The molecule has 0 saturated carbocycles. The Morgan fingerprint density at radius 1 is 1.41 bits per heavy atom. The van der Waals surface area contributed by atoms with Gasteiger partial charge < -0.3 is 19.8 Å². The summed E-state index contributed by atoms with van der Waals surface area (Å²) in [5.74, 6) is 0.675. The summed E-state index contributed by atoms with van der Waals surface area (Å²) >= 11 is 0. The Morgan fingerprint density at radius 2 is 2.12 bits per heavy atom. The molecule has 0 aliphatic heterocycles. The lowest BCUT2D eigenvalue weighted by atomic mass is 10.1. The molecule has 0 bridgehead atoms. The molecule has 4 nitrogen and oxygen atoms in total. The number of methoxy groups -OCH3 is 1. The van der Waals surface area contributed by atoms with Crippen molar-refractivity contribution < 1.29 is 14.9 Å². The second-order valence-corrected chi connectivity index (χ2v) is 3.87. The van der Waals surface area contributed by atoms with Crippen molar-refractivity contribution in [3.8, 4) is 5.75 Å². The van der Waals surface area contributed by atoms with Gasteiger partial charge in [-0.05, 0) is 26.0 Å². The largest absolute Gasteiger partial charge is 0.496 e. The Morgan fingerprint density at radius 3 is 2.59 bits per heavy atom. The maximum atomic E-state index is 9.86. The molecule has 1 aromatic rings. The lowest BCUT2D eigenvalue weighted by molar-refractivity contribution is 0.194. The van der Waals surface area contributed by atoms with Crippen LogP contribution in [0.5, 0.6) is 5.75 Å². The number of rotatable bonds is 6. The predicted molar refractivity (Wildman–Crippen MR) is 68.6 cm³/mol. The van der Waals surface area contributed by atoms with Crippen LogP contribution in [0.4, 0.5) is 5.69 Å². The zero-order chi connectivity index (χ0) is 12.8. The van der Waals surface area contributed by atoms with E-state index in [4.69, 9.17) is 9.84 Å². The van der Waals surface area contributed by atoms with Gasteiger partial charge >= 0.3 is 0 Å². The van der Waals surface area contributed by atoms with Gasteiger partial charge in [0.25, 0.3) is 0 Å². The van der Waals surface area contributed by atoms with Gasteiger partial charge in [0.1, 0.15) is 5.75 Å². The van der Waals surface area contributed by atoms with E-state index < -0.39 is 6.10 Å². The molecular formula is C13H21NO3. The van der Waals surface area contributed by atoms with Crippen LogP contribution in [0.1, 0.15) is 25.5 Å². The quantitative estimate of drug-likeness (QED) is 0.791. The number of ether oxygens (including phenoxy) is 1. The van der Waals surface area contributed by atoms with Gasteiger partial charge in [-0.25, -0.2) is 0 Å². The Labute approximate surface area is 102 Å². The Bertz CT molecular complexity index is 353. The SMILES string of the molecule is CCN(CCO)c1cccc(OC)c1[C@@H](C)O. The number of benzene rings is 1. The fourth-order valence-electron chi connectivity index (χ4n) is 1.98. The summed E-state index contributed by atoms with van der Waals surface area (Å²) in [6.45, 7) is 5.14. The van der Waals surface area contributed by atoms with E-state index in [0.717, 1.165) is 17.8 Å². The third-order valence-electron chi connectivity index (χ3n) is 2.77. The molecule has 0 amide bonds. The summed E-state index contributed by atoms with van der Waals surface area (Å²) in [5.41, 5.74) is 1.68. The zero-order valence-electron chi connectivity index (χ0n) is 10.7.